The van der Waals surface area contributed by atoms with Gasteiger partial charge in [0.1, 0.15) is 0 Å². The number of esters is 1. The molecule has 0 atom stereocenters. The first kappa shape index (κ1) is 13.8. The average Bonchev–Trinajstić information content (AvgIpc) is 2.85. The molecule has 1 aromatic carbocycles. The molecule has 6 nitrogen and oxygen atoms in total. The van der Waals surface area contributed by atoms with Crippen LogP contribution in [0.5, 0.6) is 0 Å². The highest BCUT2D eigenvalue weighted by atomic mass is 16.5. The number of carboxylic acid groups (broad SMARTS) is 1. The summed E-state index contributed by atoms with van der Waals surface area (Å²) in [7, 11) is 1.22. The number of methoxy groups -OCH3 is 1. The summed E-state index contributed by atoms with van der Waals surface area (Å²) in [6.45, 7) is 1.91. The molecular formula is C14H14N2O4. The molecule has 0 amide bonds. The second-order valence-corrected chi connectivity index (χ2v) is 4.40. The van der Waals surface area contributed by atoms with Gasteiger partial charge in [-0.25, -0.2) is 4.79 Å². The molecule has 1 aromatic heterocycles. The van der Waals surface area contributed by atoms with Gasteiger partial charge in [0, 0.05) is 11.0 Å². The summed E-state index contributed by atoms with van der Waals surface area (Å²) in [5.74, 6) is -1.72. The van der Waals surface area contributed by atoms with Gasteiger partial charge < -0.3 is 9.84 Å². The lowest BCUT2D eigenvalue weighted by atomic mass is 10.0. The number of benzene rings is 1. The zero-order valence-electron chi connectivity index (χ0n) is 11.1. The molecule has 2 aromatic rings. The van der Waals surface area contributed by atoms with Crippen molar-refractivity contribution in [3.8, 4) is 0 Å². The molecule has 0 aliphatic rings. The lowest BCUT2D eigenvalue weighted by Crippen LogP contribution is -2.09. The molecule has 0 spiro atoms. The fourth-order valence-corrected chi connectivity index (χ4v) is 2.02. The second-order valence-electron chi connectivity index (χ2n) is 4.40. The van der Waals surface area contributed by atoms with E-state index in [0.29, 0.717) is 0 Å². The Balaban J connectivity index is 2.46. The minimum Gasteiger partial charge on any atom is -0.481 e. The van der Waals surface area contributed by atoms with Crippen LogP contribution in [0, 0.1) is 6.92 Å². The number of hydrogen-bond acceptors (Lipinski definition) is 4. The zero-order valence-corrected chi connectivity index (χ0v) is 11.1. The van der Waals surface area contributed by atoms with Crippen molar-refractivity contribution in [2.24, 2.45) is 0 Å². The molecule has 0 aliphatic heterocycles. The number of nitrogens with one attached hydrogen (secondary N) is 1. The van der Waals surface area contributed by atoms with Crippen LogP contribution in [0.25, 0.3) is 17.0 Å². The van der Waals surface area contributed by atoms with Crippen molar-refractivity contribution >= 4 is 28.9 Å². The smallest absolute Gasteiger partial charge is 0.334 e. The number of carboxylic acids is 1. The first-order chi connectivity index (χ1) is 9.51. The standard InChI is InChI=1S/C14H14N2O4/c1-8-3-9(5-11-7-15-16-13(8)11)4-10(6-12(17)18)14(19)20-2/h3-5,7H,6H2,1-2H3,(H,15,16)(H,17,18)/b10-4-. The third-order valence-electron chi connectivity index (χ3n) is 2.90. The van der Waals surface area contributed by atoms with Crippen molar-refractivity contribution in [2.75, 3.05) is 7.11 Å². The van der Waals surface area contributed by atoms with Crippen LogP contribution in [0.3, 0.4) is 0 Å². The lowest BCUT2D eigenvalue weighted by Gasteiger charge is -2.04. The van der Waals surface area contributed by atoms with Crippen LogP contribution in [0.4, 0.5) is 0 Å². The predicted molar refractivity (Wildman–Crippen MR) is 73.1 cm³/mol. The normalized spacial score (nSPS) is 11.6. The van der Waals surface area contributed by atoms with Crippen molar-refractivity contribution < 1.29 is 19.4 Å². The van der Waals surface area contributed by atoms with Crippen LogP contribution in [0.1, 0.15) is 17.5 Å². The Bertz CT molecular complexity index is 700. The predicted octanol–water partition coefficient (Wildman–Crippen LogP) is 1.90. The van der Waals surface area contributed by atoms with Crippen molar-refractivity contribution in [1.29, 1.82) is 0 Å². The average molecular weight is 274 g/mol. The third kappa shape index (κ3) is 2.85. The Morgan fingerprint density at radius 1 is 1.45 bits per heavy atom. The number of hydrogen-bond donors (Lipinski definition) is 2. The van der Waals surface area contributed by atoms with E-state index >= 15 is 0 Å². The number of aliphatic carboxylic acids is 1. The molecule has 6 heteroatoms. The van der Waals surface area contributed by atoms with Gasteiger partial charge in [-0.1, -0.05) is 0 Å². The molecule has 1 heterocycles. The number of carbonyl (C=O) groups excluding carboxylic acids is 1. The van der Waals surface area contributed by atoms with Crippen LogP contribution in [-0.2, 0) is 14.3 Å². The Hall–Kier alpha value is -2.63. The summed E-state index contributed by atoms with van der Waals surface area (Å²) in [5, 5.41) is 16.6. The van der Waals surface area contributed by atoms with Crippen LogP contribution < -0.4 is 0 Å². The van der Waals surface area contributed by atoms with Crippen LogP contribution in [0.2, 0.25) is 0 Å². The Kier molecular flexibility index (Phi) is 3.84. The number of aryl methyl sites for hydroxylation is 1. The first-order valence-corrected chi connectivity index (χ1v) is 5.95. The van der Waals surface area contributed by atoms with Crippen LogP contribution >= 0.6 is 0 Å². The molecule has 2 N–H and O–H groups in total. The summed E-state index contributed by atoms with van der Waals surface area (Å²) in [5.41, 5.74) is 2.71. The molecule has 0 saturated carbocycles. The topological polar surface area (TPSA) is 92.3 Å². The molecular weight excluding hydrogens is 260 g/mol. The molecule has 2 rings (SSSR count). The second kappa shape index (κ2) is 5.56. The molecule has 0 saturated heterocycles. The first-order valence-electron chi connectivity index (χ1n) is 5.95. The maximum Gasteiger partial charge on any atom is 0.334 e. The van der Waals surface area contributed by atoms with E-state index in [2.05, 4.69) is 14.9 Å². The number of ether oxygens (including phenoxy) is 1. The summed E-state index contributed by atoms with van der Waals surface area (Å²) in [6, 6.07) is 3.68. The number of carbonyl (C=O) groups is 2. The summed E-state index contributed by atoms with van der Waals surface area (Å²) in [6.07, 6.45) is 2.82. The van der Waals surface area contributed by atoms with Gasteiger partial charge in [-0.2, -0.15) is 5.10 Å². The number of rotatable bonds is 4. The molecule has 0 aliphatic carbocycles. The van der Waals surface area contributed by atoms with E-state index in [4.69, 9.17) is 5.11 Å². The molecule has 0 fully saturated rings. The Morgan fingerprint density at radius 2 is 2.20 bits per heavy atom. The van der Waals surface area contributed by atoms with E-state index in [1.807, 2.05) is 19.1 Å². The SMILES string of the molecule is COC(=O)/C(=C\c1cc(C)c2[nH]ncc2c1)CC(=O)O. The van der Waals surface area contributed by atoms with Gasteiger partial charge in [-0.3, -0.25) is 9.89 Å². The van der Waals surface area contributed by atoms with E-state index in [-0.39, 0.29) is 12.0 Å². The highest BCUT2D eigenvalue weighted by molar-refractivity contribution is 5.98. The van der Waals surface area contributed by atoms with Gasteiger partial charge in [0.2, 0.25) is 0 Å². The van der Waals surface area contributed by atoms with Crippen LogP contribution in [-0.4, -0.2) is 34.4 Å². The van der Waals surface area contributed by atoms with E-state index in [1.165, 1.54) is 13.2 Å². The monoisotopic (exact) mass is 274 g/mol. The van der Waals surface area contributed by atoms with Gasteiger partial charge in [0.05, 0.1) is 25.2 Å². The summed E-state index contributed by atoms with van der Waals surface area (Å²) in [4.78, 5) is 22.4. The maximum absolute atomic E-state index is 11.6. The fourth-order valence-electron chi connectivity index (χ4n) is 2.02. The Labute approximate surface area is 115 Å². The van der Waals surface area contributed by atoms with Crippen molar-refractivity contribution in [1.82, 2.24) is 10.2 Å². The van der Waals surface area contributed by atoms with E-state index in [1.54, 1.807) is 6.20 Å². The van der Waals surface area contributed by atoms with Gasteiger partial charge in [-0.15, -0.1) is 0 Å². The summed E-state index contributed by atoms with van der Waals surface area (Å²) >= 11 is 0. The van der Waals surface area contributed by atoms with E-state index < -0.39 is 11.9 Å². The number of H-pyrrole nitrogens is 1. The highest BCUT2D eigenvalue weighted by Crippen LogP contribution is 2.21. The van der Waals surface area contributed by atoms with Crippen molar-refractivity contribution in [3.05, 3.63) is 35.0 Å². The minimum absolute atomic E-state index is 0.0993. The number of nitrogens with zero attached hydrogens (tertiary/aromatic N) is 1. The number of aromatic amines is 1. The molecule has 0 bridgehead atoms. The summed E-state index contributed by atoms with van der Waals surface area (Å²) < 4.78 is 4.60. The largest absolute Gasteiger partial charge is 0.481 e. The minimum atomic E-state index is -1.08. The van der Waals surface area contributed by atoms with Crippen LogP contribution in [0.15, 0.2) is 23.9 Å². The number of aromatic nitrogens is 2. The molecule has 20 heavy (non-hydrogen) atoms. The van der Waals surface area contributed by atoms with E-state index in [0.717, 1.165) is 22.0 Å². The quantitative estimate of drug-likeness (QED) is 0.656. The lowest BCUT2D eigenvalue weighted by molar-refractivity contribution is -0.141. The van der Waals surface area contributed by atoms with Crippen molar-refractivity contribution in [2.45, 2.75) is 13.3 Å². The van der Waals surface area contributed by atoms with Gasteiger partial charge >= 0.3 is 11.9 Å². The molecule has 0 radical (unpaired) electrons. The highest BCUT2D eigenvalue weighted by Gasteiger charge is 2.14. The molecule has 104 valence electrons. The molecule has 0 unspecified atom stereocenters. The van der Waals surface area contributed by atoms with Gasteiger partial charge in [0.15, 0.2) is 0 Å². The van der Waals surface area contributed by atoms with Gasteiger partial charge in [0.25, 0.3) is 0 Å². The maximum atomic E-state index is 11.6. The Morgan fingerprint density at radius 3 is 2.85 bits per heavy atom. The van der Waals surface area contributed by atoms with E-state index in [9.17, 15) is 9.59 Å². The van der Waals surface area contributed by atoms with Crippen molar-refractivity contribution in [3.63, 3.8) is 0 Å². The number of fused-ring (bicyclic) bond motifs is 1. The zero-order chi connectivity index (χ0) is 14.7. The van der Waals surface area contributed by atoms with Gasteiger partial charge in [-0.05, 0) is 36.3 Å². The third-order valence-corrected chi connectivity index (χ3v) is 2.90. The fraction of sp³-hybridized carbons (Fsp3) is 0.214.